The van der Waals surface area contributed by atoms with Gasteiger partial charge in [0.2, 0.25) is 0 Å². The molecule has 0 unspecified atom stereocenters. The summed E-state index contributed by atoms with van der Waals surface area (Å²) in [5.74, 6) is 0.828. The Balaban J connectivity index is 2.11. The average molecular weight is 235 g/mol. The second-order valence-electron chi connectivity index (χ2n) is 3.36. The molecule has 1 aromatic heterocycles. The summed E-state index contributed by atoms with van der Waals surface area (Å²) in [5, 5.41) is 12.5. The maximum atomic E-state index is 5.65. The van der Waals surface area contributed by atoms with E-state index in [1.165, 1.54) is 11.3 Å². The molecule has 0 amide bonds. The highest BCUT2D eigenvalue weighted by Crippen LogP contribution is 2.26. The molecular formula is C11H13N3OS. The number of nitrogens with zero attached hydrogens (tertiary/aromatic N) is 2. The van der Waals surface area contributed by atoms with Crippen LogP contribution in [0.2, 0.25) is 0 Å². The third kappa shape index (κ3) is 2.56. The molecule has 1 N–H and O–H groups in total. The first-order valence-electron chi connectivity index (χ1n) is 5.00. The van der Waals surface area contributed by atoms with Gasteiger partial charge in [-0.15, -0.1) is 5.10 Å². The molecule has 1 aromatic carbocycles. The number of nitrogens with one attached hydrogen (secondary N) is 1. The SMILES string of the molecule is CNCc1nnc(Oc2ccccc2C)s1. The largest absolute Gasteiger partial charge is 0.430 e. The summed E-state index contributed by atoms with van der Waals surface area (Å²) in [7, 11) is 1.88. The minimum Gasteiger partial charge on any atom is -0.430 e. The fourth-order valence-corrected chi connectivity index (χ4v) is 1.98. The van der Waals surface area contributed by atoms with Crippen LogP contribution in [0.4, 0.5) is 0 Å². The third-order valence-corrected chi connectivity index (χ3v) is 2.87. The van der Waals surface area contributed by atoms with Crippen molar-refractivity contribution < 1.29 is 4.74 Å². The van der Waals surface area contributed by atoms with Crippen LogP contribution >= 0.6 is 11.3 Å². The molecule has 1 heterocycles. The van der Waals surface area contributed by atoms with Crippen molar-refractivity contribution in [1.29, 1.82) is 0 Å². The van der Waals surface area contributed by atoms with Gasteiger partial charge in [0.1, 0.15) is 10.8 Å². The van der Waals surface area contributed by atoms with E-state index >= 15 is 0 Å². The zero-order valence-electron chi connectivity index (χ0n) is 9.23. The number of benzene rings is 1. The van der Waals surface area contributed by atoms with Gasteiger partial charge in [0, 0.05) is 6.54 Å². The van der Waals surface area contributed by atoms with Crippen LogP contribution in [0.1, 0.15) is 10.6 Å². The molecule has 0 aliphatic rings. The van der Waals surface area contributed by atoms with E-state index in [-0.39, 0.29) is 0 Å². The zero-order valence-corrected chi connectivity index (χ0v) is 10.0. The minimum atomic E-state index is 0.583. The third-order valence-electron chi connectivity index (χ3n) is 2.07. The highest BCUT2D eigenvalue weighted by molar-refractivity contribution is 7.13. The molecule has 0 aliphatic carbocycles. The Morgan fingerprint density at radius 1 is 1.31 bits per heavy atom. The quantitative estimate of drug-likeness (QED) is 0.883. The highest BCUT2D eigenvalue weighted by Gasteiger charge is 2.06. The van der Waals surface area contributed by atoms with Crippen LogP contribution in [0.3, 0.4) is 0 Å². The molecule has 0 bridgehead atoms. The Bertz CT molecular complexity index is 470. The van der Waals surface area contributed by atoms with Gasteiger partial charge in [-0.3, -0.25) is 0 Å². The molecule has 16 heavy (non-hydrogen) atoms. The van der Waals surface area contributed by atoms with Crippen molar-refractivity contribution in [2.24, 2.45) is 0 Å². The molecule has 0 atom stereocenters. The fourth-order valence-electron chi connectivity index (χ4n) is 1.27. The first-order chi connectivity index (χ1) is 7.79. The van der Waals surface area contributed by atoms with Gasteiger partial charge in [-0.1, -0.05) is 34.6 Å². The summed E-state index contributed by atoms with van der Waals surface area (Å²) in [6.45, 7) is 2.72. The van der Waals surface area contributed by atoms with Gasteiger partial charge in [-0.25, -0.2) is 0 Å². The van der Waals surface area contributed by atoms with Crippen LogP contribution in [0.15, 0.2) is 24.3 Å². The van der Waals surface area contributed by atoms with Crippen molar-refractivity contribution in [3.8, 4) is 10.9 Å². The topological polar surface area (TPSA) is 47.0 Å². The Hall–Kier alpha value is -1.46. The molecule has 4 nitrogen and oxygen atoms in total. The molecule has 0 saturated heterocycles. The number of para-hydroxylation sites is 1. The predicted octanol–water partition coefficient (Wildman–Crippen LogP) is 2.36. The predicted molar refractivity (Wildman–Crippen MR) is 63.9 cm³/mol. The van der Waals surface area contributed by atoms with Crippen LogP contribution in [0.25, 0.3) is 0 Å². The lowest BCUT2D eigenvalue weighted by molar-refractivity contribution is 0.469. The second kappa shape index (κ2) is 5.05. The first-order valence-corrected chi connectivity index (χ1v) is 5.81. The first kappa shape index (κ1) is 11.0. The number of rotatable bonds is 4. The molecule has 2 aromatic rings. The van der Waals surface area contributed by atoms with Crippen LogP contribution in [0.5, 0.6) is 10.9 Å². The normalized spacial score (nSPS) is 10.4. The minimum absolute atomic E-state index is 0.583. The van der Waals surface area contributed by atoms with Crippen molar-refractivity contribution in [2.75, 3.05) is 7.05 Å². The fraction of sp³-hybridized carbons (Fsp3) is 0.273. The lowest BCUT2D eigenvalue weighted by Crippen LogP contribution is -2.04. The summed E-state index contributed by atoms with van der Waals surface area (Å²) < 4.78 is 5.65. The molecule has 0 radical (unpaired) electrons. The Morgan fingerprint density at radius 2 is 2.12 bits per heavy atom. The van der Waals surface area contributed by atoms with Crippen molar-refractivity contribution in [3.05, 3.63) is 34.8 Å². The number of aryl methyl sites for hydroxylation is 1. The monoisotopic (exact) mass is 235 g/mol. The van der Waals surface area contributed by atoms with E-state index in [1.54, 1.807) is 0 Å². The van der Waals surface area contributed by atoms with Crippen LogP contribution in [-0.4, -0.2) is 17.2 Å². The Labute approximate surface area is 98.3 Å². The van der Waals surface area contributed by atoms with E-state index in [9.17, 15) is 0 Å². The molecule has 5 heteroatoms. The maximum Gasteiger partial charge on any atom is 0.299 e. The number of ether oxygens (including phenoxy) is 1. The average Bonchev–Trinajstić information content (AvgIpc) is 2.70. The summed E-state index contributed by atoms with van der Waals surface area (Å²) in [6, 6.07) is 7.85. The lowest BCUT2D eigenvalue weighted by atomic mass is 10.2. The van der Waals surface area contributed by atoms with Gasteiger partial charge in [-0.05, 0) is 25.6 Å². The highest BCUT2D eigenvalue weighted by atomic mass is 32.1. The molecular weight excluding hydrogens is 222 g/mol. The Kier molecular flexibility index (Phi) is 3.48. The van der Waals surface area contributed by atoms with E-state index in [2.05, 4.69) is 15.5 Å². The van der Waals surface area contributed by atoms with E-state index < -0.39 is 0 Å². The summed E-state index contributed by atoms with van der Waals surface area (Å²) in [5.41, 5.74) is 1.09. The van der Waals surface area contributed by atoms with Gasteiger partial charge >= 0.3 is 0 Å². The molecule has 84 valence electrons. The van der Waals surface area contributed by atoms with E-state index in [0.717, 1.165) is 22.9 Å². The van der Waals surface area contributed by atoms with Crippen LogP contribution < -0.4 is 10.1 Å². The van der Waals surface area contributed by atoms with Crippen molar-refractivity contribution in [1.82, 2.24) is 15.5 Å². The van der Waals surface area contributed by atoms with Gasteiger partial charge in [0.25, 0.3) is 5.19 Å². The maximum absolute atomic E-state index is 5.65. The smallest absolute Gasteiger partial charge is 0.299 e. The summed E-state index contributed by atoms with van der Waals surface area (Å²) in [6.07, 6.45) is 0. The van der Waals surface area contributed by atoms with Crippen molar-refractivity contribution in [2.45, 2.75) is 13.5 Å². The van der Waals surface area contributed by atoms with E-state index in [1.807, 2.05) is 38.2 Å². The number of hydrogen-bond acceptors (Lipinski definition) is 5. The van der Waals surface area contributed by atoms with E-state index in [0.29, 0.717) is 5.19 Å². The molecule has 0 saturated carbocycles. The van der Waals surface area contributed by atoms with Crippen molar-refractivity contribution in [3.63, 3.8) is 0 Å². The standard InChI is InChI=1S/C11H13N3OS/c1-8-5-3-4-6-9(8)15-11-14-13-10(16-11)7-12-2/h3-6,12H,7H2,1-2H3. The number of aromatic nitrogens is 2. The van der Waals surface area contributed by atoms with E-state index in [4.69, 9.17) is 4.74 Å². The zero-order chi connectivity index (χ0) is 11.4. The Morgan fingerprint density at radius 3 is 2.88 bits per heavy atom. The molecule has 0 fully saturated rings. The van der Waals surface area contributed by atoms with Gasteiger partial charge in [-0.2, -0.15) is 0 Å². The second-order valence-corrected chi connectivity index (χ2v) is 4.38. The molecule has 2 rings (SSSR count). The van der Waals surface area contributed by atoms with Crippen LogP contribution in [0, 0.1) is 6.92 Å². The van der Waals surface area contributed by atoms with Crippen molar-refractivity contribution >= 4 is 11.3 Å². The molecule has 0 spiro atoms. The lowest BCUT2D eigenvalue weighted by Gasteiger charge is -2.03. The summed E-state index contributed by atoms with van der Waals surface area (Å²) in [4.78, 5) is 0. The van der Waals surface area contributed by atoms with Gasteiger partial charge < -0.3 is 10.1 Å². The van der Waals surface area contributed by atoms with Gasteiger partial charge in [0.05, 0.1) is 0 Å². The van der Waals surface area contributed by atoms with Crippen LogP contribution in [-0.2, 0) is 6.54 Å². The molecule has 0 aliphatic heterocycles. The van der Waals surface area contributed by atoms with Gasteiger partial charge in [0.15, 0.2) is 0 Å². The summed E-state index contributed by atoms with van der Waals surface area (Å²) >= 11 is 1.45. The number of hydrogen-bond donors (Lipinski definition) is 1.